The molecule has 6 nitrogen and oxygen atoms in total. The van der Waals surface area contributed by atoms with E-state index in [0.29, 0.717) is 12.4 Å². The normalized spacial score (nSPS) is 14.6. The van der Waals surface area contributed by atoms with Crippen LogP contribution in [-0.2, 0) is 6.54 Å². The van der Waals surface area contributed by atoms with Crippen LogP contribution in [0.25, 0.3) is 11.0 Å². The van der Waals surface area contributed by atoms with Crippen molar-refractivity contribution in [2.75, 3.05) is 24.3 Å². The van der Waals surface area contributed by atoms with E-state index in [4.69, 9.17) is 5.73 Å². The number of thioether (sulfide) groups is 1. The Balaban J connectivity index is 1.97. The molecule has 110 valence electrons. The minimum atomic E-state index is -0.309. The first-order chi connectivity index (χ1) is 9.63. The molecule has 0 amide bonds. The van der Waals surface area contributed by atoms with E-state index >= 15 is 0 Å². The van der Waals surface area contributed by atoms with Crippen molar-refractivity contribution < 1.29 is 5.11 Å². The molecule has 2 aromatic rings. The summed E-state index contributed by atoms with van der Waals surface area (Å²) in [7, 11) is 0. The van der Waals surface area contributed by atoms with Crippen molar-refractivity contribution in [3.8, 4) is 0 Å². The van der Waals surface area contributed by atoms with E-state index in [1.54, 1.807) is 11.8 Å². The first-order valence-corrected chi connectivity index (χ1v) is 7.97. The lowest BCUT2D eigenvalue weighted by atomic mass is 10.1. The molecule has 2 rings (SSSR count). The van der Waals surface area contributed by atoms with Crippen molar-refractivity contribution in [1.82, 2.24) is 20.3 Å². The largest absolute Gasteiger partial charge is 0.393 e. The van der Waals surface area contributed by atoms with E-state index in [2.05, 4.69) is 26.5 Å². The number of anilines is 1. The highest BCUT2D eigenvalue weighted by Crippen LogP contribution is 2.19. The molecule has 2 aromatic heterocycles. The number of aromatic amines is 1. The van der Waals surface area contributed by atoms with Crippen LogP contribution in [0.3, 0.4) is 0 Å². The molecular weight excluding hydrogens is 274 g/mol. The van der Waals surface area contributed by atoms with Crippen LogP contribution in [0.15, 0.2) is 12.5 Å². The second kappa shape index (κ2) is 6.92. The quantitative estimate of drug-likeness (QED) is 0.608. The number of hydrogen-bond acceptors (Lipinski definition) is 6. The van der Waals surface area contributed by atoms with Crippen LogP contribution in [0.5, 0.6) is 0 Å². The Morgan fingerprint density at radius 3 is 3.00 bits per heavy atom. The maximum absolute atomic E-state index is 9.71. The van der Waals surface area contributed by atoms with Crippen LogP contribution in [-0.4, -0.2) is 44.7 Å². The van der Waals surface area contributed by atoms with Crippen molar-refractivity contribution >= 4 is 28.6 Å². The van der Waals surface area contributed by atoms with E-state index in [0.717, 1.165) is 28.9 Å². The van der Waals surface area contributed by atoms with Crippen molar-refractivity contribution in [3.05, 3.63) is 18.1 Å². The molecule has 0 radical (unpaired) electrons. The molecular formula is C13H21N5OS. The molecule has 20 heavy (non-hydrogen) atoms. The molecule has 0 fully saturated rings. The average molecular weight is 295 g/mol. The molecule has 2 heterocycles. The Bertz CT molecular complexity index is 557. The van der Waals surface area contributed by atoms with Gasteiger partial charge >= 0.3 is 0 Å². The van der Waals surface area contributed by atoms with Crippen LogP contribution in [0, 0.1) is 5.92 Å². The fourth-order valence-corrected chi connectivity index (χ4v) is 2.95. The van der Waals surface area contributed by atoms with Gasteiger partial charge in [0.1, 0.15) is 11.8 Å². The lowest BCUT2D eigenvalue weighted by Crippen LogP contribution is -2.31. The summed E-state index contributed by atoms with van der Waals surface area (Å²) >= 11 is 1.75. The first-order valence-electron chi connectivity index (χ1n) is 6.57. The molecule has 0 aromatic carbocycles. The highest BCUT2D eigenvalue weighted by atomic mass is 32.2. The monoisotopic (exact) mass is 295 g/mol. The summed E-state index contributed by atoms with van der Waals surface area (Å²) in [5.74, 6) is 1.65. The van der Waals surface area contributed by atoms with Crippen molar-refractivity contribution in [2.24, 2.45) is 5.92 Å². The fraction of sp³-hybridized carbons (Fsp3) is 0.538. The molecule has 0 saturated heterocycles. The van der Waals surface area contributed by atoms with Gasteiger partial charge in [-0.05, 0) is 18.9 Å². The van der Waals surface area contributed by atoms with E-state index < -0.39 is 0 Å². The number of nitrogens with zero attached hydrogens (tertiary/aromatic N) is 2. The number of aliphatic hydroxyl groups excluding tert-OH is 1. The Labute approximate surface area is 122 Å². The lowest BCUT2D eigenvalue weighted by molar-refractivity contribution is 0.136. The molecule has 2 atom stereocenters. The molecule has 5 N–H and O–H groups in total. The summed E-state index contributed by atoms with van der Waals surface area (Å²) in [6.07, 6.45) is 5.11. The summed E-state index contributed by atoms with van der Waals surface area (Å²) < 4.78 is 0. The smallest absolute Gasteiger partial charge is 0.151 e. The van der Waals surface area contributed by atoms with E-state index in [1.807, 2.05) is 13.1 Å². The zero-order chi connectivity index (χ0) is 14.5. The number of rotatable bonds is 7. The number of aromatic nitrogens is 3. The van der Waals surface area contributed by atoms with Gasteiger partial charge in [-0.1, -0.05) is 0 Å². The zero-order valence-corrected chi connectivity index (χ0v) is 12.6. The number of nitrogens with two attached hydrogens (primary N) is 1. The summed E-state index contributed by atoms with van der Waals surface area (Å²) in [4.78, 5) is 11.3. The van der Waals surface area contributed by atoms with Gasteiger partial charge in [-0.15, -0.1) is 0 Å². The molecule has 0 bridgehead atoms. The Morgan fingerprint density at radius 2 is 2.30 bits per heavy atom. The SMILES string of the molecule is CSC[C@@H](CNCc1c[nH]c2c(N)ncnc12)C(C)O. The zero-order valence-electron chi connectivity index (χ0n) is 11.8. The lowest BCUT2D eigenvalue weighted by Gasteiger charge is -2.19. The van der Waals surface area contributed by atoms with Crippen LogP contribution >= 0.6 is 11.8 Å². The second-order valence-electron chi connectivity index (χ2n) is 4.88. The van der Waals surface area contributed by atoms with Crippen molar-refractivity contribution in [1.29, 1.82) is 0 Å². The van der Waals surface area contributed by atoms with Gasteiger partial charge in [-0.3, -0.25) is 0 Å². The molecule has 7 heteroatoms. The molecule has 0 aliphatic rings. The predicted octanol–water partition coefficient (Wildman–Crippen LogP) is 0.990. The number of fused-ring (bicyclic) bond motifs is 1. The third kappa shape index (κ3) is 3.41. The first kappa shape index (κ1) is 15.1. The number of H-pyrrole nitrogens is 1. The van der Waals surface area contributed by atoms with Gasteiger partial charge in [0.25, 0.3) is 0 Å². The highest BCUT2D eigenvalue weighted by Gasteiger charge is 2.14. The second-order valence-corrected chi connectivity index (χ2v) is 5.79. The summed E-state index contributed by atoms with van der Waals surface area (Å²) in [6, 6.07) is 0. The summed E-state index contributed by atoms with van der Waals surface area (Å²) in [5.41, 5.74) is 8.47. The highest BCUT2D eigenvalue weighted by molar-refractivity contribution is 7.98. The molecule has 0 aliphatic heterocycles. The van der Waals surface area contributed by atoms with Crippen LogP contribution in [0.1, 0.15) is 12.5 Å². The fourth-order valence-electron chi connectivity index (χ4n) is 2.12. The number of hydrogen-bond donors (Lipinski definition) is 4. The van der Waals surface area contributed by atoms with Gasteiger partial charge in [0, 0.05) is 30.8 Å². The van der Waals surface area contributed by atoms with E-state index in [-0.39, 0.29) is 12.0 Å². The third-order valence-electron chi connectivity index (χ3n) is 3.36. The van der Waals surface area contributed by atoms with Gasteiger partial charge in [0.15, 0.2) is 5.82 Å². The minimum absolute atomic E-state index is 0.245. The molecule has 0 spiro atoms. The van der Waals surface area contributed by atoms with Crippen LogP contribution in [0.2, 0.25) is 0 Å². The molecule has 0 saturated carbocycles. The molecule has 0 aliphatic carbocycles. The maximum Gasteiger partial charge on any atom is 0.151 e. The average Bonchev–Trinajstić information content (AvgIpc) is 2.82. The van der Waals surface area contributed by atoms with Gasteiger partial charge in [0.2, 0.25) is 0 Å². The van der Waals surface area contributed by atoms with Gasteiger partial charge in [-0.25, -0.2) is 9.97 Å². The van der Waals surface area contributed by atoms with Gasteiger partial charge < -0.3 is 21.1 Å². The number of nitrogens with one attached hydrogen (secondary N) is 2. The Kier molecular flexibility index (Phi) is 5.22. The number of aliphatic hydroxyl groups is 1. The maximum atomic E-state index is 9.71. The third-order valence-corrected chi connectivity index (χ3v) is 4.12. The van der Waals surface area contributed by atoms with Crippen LogP contribution in [0.4, 0.5) is 5.82 Å². The van der Waals surface area contributed by atoms with Crippen LogP contribution < -0.4 is 11.1 Å². The van der Waals surface area contributed by atoms with E-state index in [9.17, 15) is 5.11 Å². The standard InChI is InChI=1S/C13H21N5OS/c1-8(19)10(6-20-2)4-15-3-9-5-16-12-11(9)17-7-18-13(12)14/h5,7-8,10,15-16,19H,3-4,6H2,1-2H3,(H2,14,17,18)/t8?,10-/m1/s1. The topological polar surface area (TPSA) is 99.9 Å². The number of nitrogen functional groups attached to an aromatic ring is 1. The Hall–Kier alpha value is -1.31. The van der Waals surface area contributed by atoms with Gasteiger partial charge in [0.05, 0.1) is 11.6 Å². The minimum Gasteiger partial charge on any atom is -0.393 e. The van der Waals surface area contributed by atoms with E-state index in [1.165, 1.54) is 6.33 Å². The molecule has 1 unspecified atom stereocenters. The van der Waals surface area contributed by atoms with Gasteiger partial charge in [-0.2, -0.15) is 11.8 Å². The summed E-state index contributed by atoms with van der Waals surface area (Å²) in [6.45, 7) is 3.29. The predicted molar refractivity (Wildman–Crippen MR) is 83.6 cm³/mol. The van der Waals surface area contributed by atoms with Crippen molar-refractivity contribution in [2.45, 2.75) is 19.6 Å². The van der Waals surface area contributed by atoms with Crippen molar-refractivity contribution in [3.63, 3.8) is 0 Å². The summed E-state index contributed by atoms with van der Waals surface area (Å²) in [5, 5.41) is 13.1. The Morgan fingerprint density at radius 1 is 1.50 bits per heavy atom.